The predicted octanol–water partition coefficient (Wildman–Crippen LogP) is 2.57. The Labute approximate surface area is 131 Å². The van der Waals surface area contributed by atoms with Crippen molar-refractivity contribution in [1.29, 1.82) is 0 Å². The predicted molar refractivity (Wildman–Crippen MR) is 80.8 cm³/mol. The first kappa shape index (κ1) is 13.9. The minimum absolute atomic E-state index is 0.0159. The fourth-order valence-corrected chi connectivity index (χ4v) is 3.73. The number of aromatic nitrogens is 3. The highest BCUT2D eigenvalue weighted by molar-refractivity contribution is 7.12. The molecule has 1 N–H and O–H groups in total. The molecule has 2 aliphatic rings. The Morgan fingerprint density at radius 2 is 2.32 bits per heavy atom. The van der Waals surface area contributed by atoms with Crippen LogP contribution in [0.25, 0.3) is 0 Å². The number of amides is 1. The van der Waals surface area contributed by atoms with E-state index in [1.807, 2.05) is 17.5 Å². The maximum absolute atomic E-state index is 13.4. The van der Waals surface area contributed by atoms with Crippen LogP contribution in [0.2, 0.25) is 0 Å². The van der Waals surface area contributed by atoms with Crippen molar-refractivity contribution in [2.24, 2.45) is 5.92 Å². The summed E-state index contributed by atoms with van der Waals surface area (Å²) < 4.78 is 13.4. The fraction of sp³-hybridized carbons (Fsp3) is 0.533. The van der Waals surface area contributed by atoms with E-state index in [2.05, 4.69) is 15.2 Å². The quantitative estimate of drug-likeness (QED) is 0.942. The number of rotatable bonds is 4. The summed E-state index contributed by atoms with van der Waals surface area (Å²) in [4.78, 5) is 19.4. The van der Waals surface area contributed by atoms with Gasteiger partial charge in [0.05, 0.1) is 11.6 Å². The summed E-state index contributed by atoms with van der Waals surface area (Å²) in [7, 11) is 0. The van der Waals surface area contributed by atoms with Crippen LogP contribution in [0.15, 0.2) is 17.5 Å². The lowest BCUT2D eigenvalue weighted by atomic mass is 9.97. The number of aromatic amines is 1. The van der Waals surface area contributed by atoms with Crippen LogP contribution < -0.4 is 0 Å². The lowest BCUT2D eigenvalue weighted by Gasteiger charge is -2.14. The van der Waals surface area contributed by atoms with Crippen LogP contribution in [0.3, 0.4) is 0 Å². The zero-order valence-corrected chi connectivity index (χ0v) is 12.9. The van der Waals surface area contributed by atoms with Crippen molar-refractivity contribution in [3.05, 3.63) is 34.0 Å². The Morgan fingerprint density at radius 1 is 1.45 bits per heavy atom. The molecule has 0 unspecified atom stereocenters. The summed E-state index contributed by atoms with van der Waals surface area (Å²) in [5.41, 5.74) is 0. The van der Waals surface area contributed by atoms with Crippen molar-refractivity contribution in [2.45, 2.75) is 24.7 Å². The number of alkyl halides is 1. The molecule has 2 atom stereocenters. The lowest BCUT2D eigenvalue weighted by molar-refractivity contribution is 0.0789. The highest BCUT2D eigenvalue weighted by atomic mass is 32.1. The van der Waals surface area contributed by atoms with E-state index in [9.17, 15) is 9.18 Å². The molecule has 1 amide bonds. The van der Waals surface area contributed by atoms with Crippen LogP contribution in [-0.4, -0.2) is 45.8 Å². The Kier molecular flexibility index (Phi) is 3.44. The van der Waals surface area contributed by atoms with Crippen molar-refractivity contribution in [3.63, 3.8) is 0 Å². The van der Waals surface area contributed by atoms with Gasteiger partial charge in [0.15, 0.2) is 5.82 Å². The number of hydrogen-bond donors (Lipinski definition) is 1. The Morgan fingerprint density at radius 3 is 3.00 bits per heavy atom. The zero-order valence-electron chi connectivity index (χ0n) is 12.0. The molecule has 3 heterocycles. The molecule has 0 aromatic carbocycles. The van der Waals surface area contributed by atoms with Crippen LogP contribution in [0.1, 0.15) is 46.0 Å². The van der Waals surface area contributed by atoms with Crippen molar-refractivity contribution in [3.8, 4) is 0 Å². The molecule has 1 saturated heterocycles. The summed E-state index contributed by atoms with van der Waals surface area (Å²) in [5, 5.41) is 9.10. The van der Waals surface area contributed by atoms with Crippen molar-refractivity contribution < 1.29 is 9.18 Å². The molecule has 5 nitrogen and oxygen atoms in total. The molecule has 1 aliphatic heterocycles. The number of carbonyl (C=O) groups excluding carboxylic acids is 1. The molecule has 22 heavy (non-hydrogen) atoms. The molecule has 4 rings (SSSR count). The summed E-state index contributed by atoms with van der Waals surface area (Å²) in [6.45, 7) is 0.500. The summed E-state index contributed by atoms with van der Waals surface area (Å²) in [6.07, 6.45) is 2.27. The van der Waals surface area contributed by atoms with E-state index < -0.39 is 6.67 Å². The molecule has 2 aromatic heterocycles. The number of halogens is 1. The molecule has 7 heteroatoms. The van der Waals surface area contributed by atoms with Gasteiger partial charge in [-0.05, 0) is 24.3 Å². The minimum Gasteiger partial charge on any atom is -0.337 e. The van der Waals surface area contributed by atoms with Gasteiger partial charge in [-0.25, -0.2) is 4.98 Å². The van der Waals surface area contributed by atoms with Gasteiger partial charge in [0, 0.05) is 30.8 Å². The maximum atomic E-state index is 13.4. The van der Waals surface area contributed by atoms with Gasteiger partial charge in [-0.15, -0.1) is 11.3 Å². The molecule has 2 fully saturated rings. The second-order valence-corrected chi connectivity index (χ2v) is 7.01. The third-order valence-electron chi connectivity index (χ3n) is 4.47. The van der Waals surface area contributed by atoms with E-state index in [-0.39, 0.29) is 17.7 Å². The van der Waals surface area contributed by atoms with E-state index in [1.165, 1.54) is 11.3 Å². The van der Waals surface area contributed by atoms with E-state index in [0.717, 1.165) is 24.5 Å². The largest absolute Gasteiger partial charge is 0.337 e. The fourth-order valence-electron chi connectivity index (χ4n) is 3.04. The molecule has 116 valence electrons. The van der Waals surface area contributed by atoms with Gasteiger partial charge in [-0.2, -0.15) is 5.10 Å². The molecular formula is C15H17FN4OS. The smallest absolute Gasteiger partial charge is 0.263 e. The summed E-state index contributed by atoms with van der Waals surface area (Å²) in [6, 6.07) is 3.67. The molecular weight excluding hydrogens is 303 g/mol. The maximum Gasteiger partial charge on any atom is 0.263 e. The first-order valence-corrected chi connectivity index (χ1v) is 8.45. The Balaban J connectivity index is 1.53. The van der Waals surface area contributed by atoms with Crippen molar-refractivity contribution in [1.82, 2.24) is 20.1 Å². The van der Waals surface area contributed by atoms with Crippen LogP contribution in [0.5, 0.6) is 0 Å². The summed E-state index contributed by atoms with van der Waals surface area (Å²) >= 11 is 1.42. The number of nitrogens with zero attached hydrogens (tertiary/aromatic N) is 3. The number of carbonyl (C=O) groups is 1. The number of H-pyrrole nitrogens is 1. The number of hydrogen-bond acceptors (Lipinski definition) is 4. The average molecular weight is 320 g/mol. The third kappa shape index (κ3) is 2.43. The molecule has 1 saturated carbocycles. The normalized spacial score (nSPS) is 24.9. The van der Waals surface area contributed by atoms with Crippen LogP contribution in [0, 0.1) is 5.92 Å². The van der Waals surface area contributed by atoms with E-state index in [0.29, 0.717) is 23.9 Å². The first-order valence-electron chi connectivity index (χ1n) is 7.57. The zero-order chi connectivity index (χ0) is 15.1. The Bertz CT molecular complexity index is 667. The molecule has 0 radical (unpaired) electrons. The van der Waals surface area contributed by atoms with Gasteiger partial charge in [-0.1, -0.05) is 6.07 Å². The number of likely N-dealkylation sites (tertiary alicyclic amines) is 1. The Hall–Kier alpha value is -1.76. The summed E-state index contributed by atoms with van der Waals surface area (Å²) in [5.74, 6) is 1.73. The molecule has 2 aromatic rings. The highest BCUT2D eigenvalue weighted by Crippen LogP contribution is 2.39. The lowest BCUT2D eigenvalue weighted by Crippen LogP contribution is -2.28. The first-order chi connectivity index (χ1) is 10.8. The van der Waals surface area contributed by atoms with Crippen molar-refractivity contribution >= 4 is 17.2 Å². The SMILES string of the molecule is O=C(c1cccs1)N1C[C@@H](CF)[C@H](c2nc(C3CC3)n[nH]2)C1. The van der Waals surface area contributed by atoms with Gasteiger partial charge < -0.3 is 4.90 Å². The second-order valence-electron chi connectivity index (χ2n) is 6.06. The van der Waals surface area contributed by atoms with Gasteiger partial charge >= 0.3 is 0 Å². The van der Waals surface area contributed by atoms with Crippen molar-refractivity contribution in [2.75, 3.05) is 19.8 Å². The standard InChI is InChI=1S/C15H17FN4OS/c16-6-10-7-20(15(21)12-2-1-5-22-12)8-11(10)14-17-13(18-19-14)9-3-4-9/h1-2,5,9-11H,3-4,6-8H2,(H,17,18,19)/t10-,11-/m1/s1. The molecule has 0 spiro atoms. The highest BCUT2D eigenvalue weighted by Gasteiger charge is 2.39. The van der Waals surface area contributed by atoms with Crippen LogP contribution in [-0.2, 0) is 0 Å². The topological polar surface area (TPSA) is 61.9 Å². The van der Waals surface area contributed by atoms with Crippen LogP contribution >= 0.6 is 11.3 Å². The van der Waals surface area contributed by atoms with E-state index in [1.54, 1.807) is 4.90 Å². The van der Waals surface area contributed by atoms with Gasteiger partial charge in [0.1, 0.15) is 5.82 Å². The van der Waals surface area contributed by atoms with E-state index in [4.69, 9.17) is 0 Å². The van der Waals surface area contributed by atoms with Gasteiger partial charge in [0.2, 0.25) is 0 Å². The third-order valence-corrected chi connectivity index (χ3v) is 5.33. The van der Waals surface area contributed by atoms with E-state index >= 15 is 0 Å². The average Bonchev–Trinajstić information content (AvgIpc) is 3.02. The van der Waals surface area contributed by atoms with Crippen LogP contribution in [0.4, 0.5) is 4.39 Å². The second kappa shape index (κ2) is 5.46. The number of thiophene rings is 1. The minimum atomic E-state index is -0.446. The molecule has 1 aliphatic carbocycles. The monoisotopic (exact) mass is 320 g/mol. The van der Waals surface area contributed by atoms with Gasteiger partial charge in [0.25, 0.3) is 5.91 Å². The molecule has 0 bridgehead atoms. The van der Waals surface area contributed by atoms with Gasteiger partial charge in [-0.3, -0.25) is 14.3 Å². The number of nitrogens with one attached hydrogen (secondary N) is 1.